The molecule has 2 N–H and O–H groups in total. The van der Waals surface area contributed by atoms with Gasteiger partial charge in [-0.1, -0.05) is 30.3 Å². The zero-order valence-electron chi connectivity index (χ0n) is 22.8. The average Bonchev–Trinajstić information content (AvgIpc) is 3.79. The van der Waals surface area contributed by atoms with Crippen LogP contribution in [0.5, 0.6) is 0 Å². The van der Waals surface area contributed by atoms with E-state index in [-0.39, 0.29) is 35.8 Å². The minimum Gasteiger partial charge on any atom is -0.465 e. The zero-order valence-corrected chi connectivity index (χ0v) is 23.7. The van der Waals surface area contributed by atoms with Gasteiger partial charge in [0.1, 0.15) is 28.9 Å². The van der Waals surface area contributed by atoms with Gasteiger partial charge in [-0.3, -0.25) is 4.79 Å². The summed E-state index contributed by atoms with van der Waals surface area (Å²) >= 11 is 1.55. The largest absolute Gasteiger partial charge is 0.465 e. The van der Waals surface area contributed by atoms with Gasteiger partial charge < -0.3 is 19.7 Å². The van der Waals surface area contributed by atoms with E-state index < -0.39 is 11.6 Å². The van der Waals surface area contributed by atoms with E-state index in [1.807, 2.05) is 47.5 Å². The summed E-state index contributed by atoms with van der Waals surface area (Å²) in [5.41, 5.74) is 1.18. The molecule has 1 aliphatic heterocycles. The standard InChI is InChI=1S/C28H27N9O4S/c1-17-14-42-24(31-17)21-9-6-10-36(21)25(38)19-11-20(32-22(12-19)37-16-29-15-30-37)23-34-35-26(41-23)28(2,33-27(39)40)13-18-7-4-3-5-8-18/h3-5,7-8,11-12,14-16,21,33H,6,9-10,13H2,1-2H3,(H,39,40)/t21-,28-/m1/s1. The first-order valence-electron chi connectivity index (χ1n) is 13.3. The molecule has 6 rings (SSSR count). The molecular weight excluding hydrogens is 558 g/mol. The van der Waals surface area contributed by atoms with Crippen molar-refractivity contribution in [3.63, 3.8) is 0 Å². The van der Waals surface area contributed by atoms with Crippen molar-refractivity contribution in [1.82, 2.24) is 45.1 Å². The van der Waals surface area contributed by atoms with Crippen LogP contribution in [0.1, 0.15) is 58.3 Å². The number of nitrogens with zero attached hydrogens (tertiary/aromatic N) is 8. The van der Waals surface area contributed by atoms with E-state index in [0.29, 0.717) is 17.9 Å². The summed E-state index contributed by atoms with van der Waals surface area (Å²) in [6, 6.07) is 12.5. The number of hydrogen-bond donors (Lipinski definition) is 2. The van der Waals surface area contributed by atoms with Crippen LogP contribution in [-0.2, 0) is 12.0 Å². The Morgan fingerprint density at radius 1 is 1.19 bits per heavy atom. The molecule has 1 aromatic carbocycles. The molecule has 42 heavy (non-hydrogen) atoms. The number of thiazole rings is 1. The molecule has 214 valence electrons. The lowest BCUT2D eigenvalue weighted by Crippen LogP contribution is -2.44. The number of amides is 2. The number of aryl methyl sites for hydroxylation is 1. The summed E-state index contributed by atoms with van der Waals surface area (Å²) in [4.78, 5) is 40.7. The number of hydrogen-bond acceptors (Lipinski definition) is 10. The SMILES string of the molecule is Cc1csc([C@H]2CCCN2C(=O)c2cc(-c3nnc([C@@](C)(Cc4ccccc4)NC(=O)O)o3)nc(-n3cncn3)c2)n1. The normalized spacial score (nSPS) is 16.3. The minimum atomic E-state index is -1.23. The maximum atomic E-state index is 13.9. The minimum absolute atomic E-state index is 0.0287. The second-order valence-electron chi connectivity index (χ2n) is 10.3. The monoisotopic (exact) mass is 585 g/mol. The van der Waals surface area contributed by atoms with Gasteiger partial charge in [-0.25, -0.2) is 24.4 Å². The smallest absolute Gasteiger partial charge is 0.405 e. The molecule has 0 radical (unpaired) electrons. The number of benzene rings is 1. The van der Waals surface area contributed by atoms with Crippen molar-refractivity contribution in [3.8, 4) is 17.4 Å². The van der Waals surface area contributed by atoms with Crippen LogP contribution in [0.4, 0.5) is 4.79 Å². The number of nitrogens with one attached hydrogen (secondary N) is 1. The zero-order chi connectivity index (χ0) is 29.3. The number of carbonyl (C=O) groups excluding carboxylic acids is 1. The Bertz CT molecular complexity index is 1720. The maximum absolute atomic E-state index is 13.9. The van der Waals surface area contributed by atoms with Crippen LogP contribution >= 0.6 is 11.3 Å². The van der Waals surface area contributed by atoms with Gasteiger partial charge in [-0.05, 0) is 44.4 Å². The number of carbonyl (C=O) groups is 2. The lowest BCUT2D eigenvalue weighted by atomic mass is 9.93. The van der Waals surface area contributed by atoms with Gasteiger partial charge in [0.2, 0.25) is 5.89 Å². The number of pyridine rings is 1. The molecule has 4 aromatic heterocycles. The predicted molar refractivity (Wildman–Crippen MR) is 151 cm³/mol. The maximum Gasteiger partial charge on any atom is 0.405 e. The Balaban J connectivity index is 1.37. The highest BCUT2D eigenvalue weighted by molar-refractivity contribution is 7.09. The number of likely N-dealkylation sites (tertiary alicyclic amines) is 1. The number of aromatic nitrogens is 7. The predicted octanol–water partition coefficient (Wildman–Crippen LogP) is 4.18. The Hall–Kier alpha value is -4.98. The van der Waals surface area contributed by atoms with Crippen molar-refractivity contribution < 1.29 is 19.1 Å². The fourth-order valence-corrected chi connectivity index (χ4v) is 6.06. The van der Waals surface area contributed by atoms with Crippen molar-refractivity contribution in [3.05, 3.63) is 88.2 Å². The third-order valence-corrected chi connectivity index (χ3v) is 8.11. The molecule has 13 nitrogen and oxygen atoms in total. The van der Waals surface area contributed by atoms with Gasteiger partial charge in [0.15, 0.2) is 5.82 Å². The van der Waals surface area contributed by atoms with Gasteiger partial charge in [0, 0.05) is 29.6 Å². The van der Waals surface area contributed by atoms with E-state index in [1.165, 1.54) is 17.3 Å². The average molecular weight is 586 g/mol. The lowest BCUT2D eigenvalue weighted by molar-refractivity contribution is 0.0735. The van der Waals surface area contributed by atoms with Crippen molar-refractivity contribution in [2.24, 2.45) is 0 Å². The Kier molecular flexibility index (Phi) is 7.20. The topological polar surface area (TPSA) is 165 Å². The first kappa shape index (κ1) is 27.2. The molecule has 1 saturated heterocycles. The van der Waals surface area contributed by atoms with E-state index in [2.05, 4.69) is 35.6 Å². The molecule has 0 saturated carbocycles. The summed E-state index contributed by atoms with van der Waals surface area (Å²) in [5.74, 6) is 0.241. The molecule has 5 aromatic rings. The van der Waals surface area contributed by atoms with Crippen LogP contribution in [-0.4, -0.2) is 63.5 Å². The fourth-order valence-electron chi connectivity index (χ4n) is 5.11. The molecule has 0 aliphatic carbocycles. The van der Waals surface area contributed by atoms with Crippen molar-refractivity contribution >= 4 is 23.3 Å². The van der Waals surface area contributed by atoms with Gasteiger partial charge in [-0.15, -0.1) is 21.5 Å². The first-order chi connectivity index (χ1) is 20.3. The molecule has 14 heteroatoms. The van der Waals surface area contributed by atoms with Crippen molar-refractivity contribution in [2.45, 2.75) is 44.7 Å². The van der Waals surface area contributed by atoms with Crippen LogP contribution in [0.25, 0.3) is 17.4 Å². The molecule has 1 fully saturated rings. The van der Waals surface area contributed by atoms with Crippen molar-refractivity contribution in [2.75, 3.05) is 6.54 Å². The second-order valence-corrected chi connectivity index (χ2v) is 11.1. The van der Waals surface area contributed by atoms with Gasteiger partial charge >= 0.3 is 6.09 Å². The highest BCUT2D eigenvalue weighted by Gasteiger charge is 2.36. The molecule has 0 bridgehead atoms. The summed E-state index contributed by atoms with van der Waals surface area (Å²) in [5, 5.41) is 27.6. The molecule has 2 amide bonds. The number of rotatable bonds is 8. The molecule has 5 heterocycles. The van der Waals surface area contributed by atoms with Crippen LogP contribution < -0.4 is 5.32 Å². The lowest BCUT2D eigenvalue weighted by Gasteiger charge is -2.25. The quantitative estimate of drug-likeness (QED) is 0.270. The van der Waals surface area contributed by atoms with Crippen LogP contribution in [0.15, 0.2) is 64.9 Å². The van der Waals surface area contributed by atoms with Crippen LogP contribution in [0.3, 0.4) is 0 Å². The van der Waals surface area contributed by atoms with E-state index in [4.69, 9.17) is 4.42 Å². The van der Waals surface area contributed by atoms with Gasteiger partial charge in [0.25, 0.3) is 11.8 Å². The highest BCUT2D eigenvalue weighted by atomic mass is 32.1. The molecular formula is C28H27N9O4S. The third-order valence-electron chi connectivity index (χ3n) is 7.05. The molecule has 0 spiro atoms. The highest BCUT2D eigenvalue weighted by Crippen LogP contribution is 2.35. The van der Waals surface area contributed by atoms with Gasteiger partial charge in [0.05, 0.1) is 6.04 Å². The summed E-state index contributed by atoms with van der Waals surface area (Å²) < 4.78 is 7.48. The van der Waals surface area contributed by atoms with E-state index >= 15 is 0 Å². The van der Waals surface area contributed by atoms with E-state index in [0.717, 1.165) is 29.1 Å². The van der Waals surface area contributed by atoms with Crippen molar-refractivity contribution in [1.29, 1.82) is 0 Å². The van der Waals surface area contributed by atoms with E-state index in [9.17, 15) is 14.7 Å². The first-order valence-corrected chi connectivity index (χ1v) is 14.2. The Morgan fingerprint density at radius 3 is 2.74 bits per heavy atom. The van der Waals surface area contributed by atoms with E-state index in [1.54, 1.807) is 30.4 Å². The molecule has 1 aliphatic rings. The third kappa shape index (κ3) is 5.48. The Labute approximate surface area is 244 Å². The van der Waals surface area contributed by atoms with Crippen LogP contribution in [0, 0.1) is 6.92 Å². The summed E-state index contributed by atoms with van der Waals surface area (Å²) in [6.07, 6.45) is 3.58. The van der Waals surface area contributed by atoms with Gasteiger partial charge in [-0.2, -0.15) is 5.10 Å². The summed E-state index contributed by atoms with van der Waals surface area (Å²) in [6.45, 7) is 4.21. The molecule has 2 atom stereocenters. The number of carboxylic acid groups (broad SMARTS) is 1. The summed E-state index contributed by atoms with van der Waals surface area (Å²) in [7, 11) is 0. The Morgan fingerprint density at radius 2 is 2.02 bits per heavy atom. The second kappa shape index (κ2) is 11.1. The van der Waals surface area contributed by atoms with Crippen LogP contribution in [0.2, 0.25) is 0 Å². The molecule has 0 unspecified atom stereocenters. The fraction of sp³-hybridized carbons (Fsp3) is 0.286.